The molecule has 2 atom stereocenters. The van der Waals surface area contributed by atoms with Crippen molar-refractivity contribution < 1.29 is 18.1 Å². The van der Waals surface area contributed by atoms with E-state index < -0.39 is 29.7 Å². The summed E-state index contributed by atoms with van der Waals surface area (Å²) in [6, 6.07) is 4.63. The fourth-order valence-electron chi connectivity index (χ4n) is 2.39. The lowest BCUT2D eigenvalue weighted by Gasteiger charge is -2.12. The van der Waals surface area contributed by atoms with E-state index in [1.54, 1.807) is 6.92 Å². The van der Waals surface area contributed by atoms with E-state index in [0.29, 0.717) is 12.2 Å². The van der Waals surface area contributed by atoms with E-state index in [9.17, 15) is 13.6 Å². The second-order valence-corrected chi connectivity index (χ2v) is 5.06. The van der Waals surface area contributed by atoms with Gasteiger partial charge in [0, 0.05) is 18.1 Å². The molecule has 0 spiro atoms. The van der Waals surface area contributed by atoms with E-state index in [-0.39, 0.29) is 11.3 Å². The summed E-state index contributed by atoms with van der Waals surface area (Å²) < 4.78 is 32.3. The van der Waals surface area contributed by atoms with Crippen LogP contribution < -0.4 is 16.2 Å². The molecular formula is C14H14F2N4O2. The van der Waals surface area contributed by atoms with Crippen molar-refractivity contribution in [3.05, 3.63) is 52.9 Å². The maximum absolute atomic E-state index is 13.7. The van der Waals surface area contributed by atoms with Crippen molar-refractivity contribution in [3.63, 3.8) is 0 Å². The van der Waals surface area contributed by atoms with Gasteiger partial charge >= 0.3 is 0 Å². The minimum atomic E-state index is -0.626. The van der Waals surface area contributed by atoms with Crippen molar-refractivity contribution in [2.75, 3.05) is 0 Å². The summed E-state index contributed by atoms with van der Waals surface area (Å²) >= 11 is 0. The average Bonchev–Trinajstić information content (AvgIpc) is 3.08. The molecule has 3 N–H and O–H groups in total. The standard InChI is InChI=1S/C14H14F2N4O2/c1-7-5-11(20-22-7)14(21)17-12-6-10(18-19-12)13-8(15)3-2-4-9(13)16/h2-5,10,12,18-19H,6H2,1H3,(H,17,21). The maximum Gasteiger partial charge on any atom is 0.274 e. The van der Waals surface area contributed by atoms with Gasteiger partial charge in [-0.2, -0.15) is 0 Å². The first-order valence-corrected chi connectivity index (χ1v) is 6.73. The van der Waals surface area contributed by atoms with E-state index in [1.165, 1.54) is 24.3 Å². The maximum atomic E-state index is 13.7. The van der Waals surface area contributed by atoms with Gasteiger partial charge in [-0.1, -0.05) is 11.2 Å². The molecule has 2 unspecified atom stereocenters. The van der Waals surface area contributed by atoms with Gasteiger partial charge in [0.05, 0.1) is 12.2 Å². The lowest BCUT2D eigenvalue weighted by atomic mass is 10.0. The summed E-state index contributed by atoms with van der Waals surface area (Å²) in [5.74, 6) is -1.16. The predicted molar refractivity (Wildman–Crippen MR) is 72.5 cm³/mol. The second kappa shape index (κ2) is 5.82. The molecule has 22 heavy (non-hydrogen) atoms. The number of amides is 1. The monoisotopic (exact) mass is 308 g/mol. The largest absolute Gasteiger partial charge is 0.361 e. The Hall–Kier alpha value is -2.32. The lowest BCUT2D eigenvalue weighted by molar-refractivity contribution is 0.0923. The molecule has 1 amide bonds. The number of nitrogens with zero attached hydrogens (tertiary/aromatic N) is 1. The van der Waals surface area contributed by atoms with Crippen molar-refractivity contribution in [3.8, 4) is 0 Å². The zero-order valence-electron chi connectivity index (χ0n) is 11.7. The van der Waals surface area contributed by atoms with Crippen LogP contribution in [0.5, 0.6) is 0 Å². The third-order valence-corrected chi connectivity index (χ3v) is 3.42. The highest BCUT2D eigenvalue weighted by Crippen LogP contribution is 2.26. The number of benzene rings is 1. The van der Waals surface area contributed by atoms with Crippen molar-refractivity contribution in [1.82, 2.24) is 21.3 Å². The van der Waals surface area contributed by atoms with Gasteiger partial charge in [0.15, 0.2) is 5.69 Å². The number of aromatic nitrogens is 1. The molecule has 0 aliphatic carbocycles. The van der Waals surface area contributed by atoms with Gasteiger partial charge in [0.25, 0.3) is 5.91 Å². The number of halogens is 2. The van der Waals surface area contributed by atoms with Crippen LogP contribution in [0, 0.1) is 18.6 Å². The van der Waals surface area contributed by atoms with Gasteiger partial charge in [-0.3, -0.25) is 4.79 Å². The Balaban J connectivity index is 1.66. The van der Waals surface area contributed by atoms with Gasteiger partial charge < -0.3 is 9.84 Å². The smallest absolute Gasteiger partial charge is 0.274 e. The highest BCUT2D eigenvalue weighted by molar-refractivity contribution is 5.92. The van der Waals surface area contributed by atoms with Crippen LogP contribution >= 0.6 is 0 Å². The molecule has 0 radical (unpaired) electrons. The number of hydrogen-bond donors (Lipinski definition) is 3. The molecule has 0 saturated carbocycles. The summed E-state index contributed by atoms with van der Waals surface area (Å²) in [6.07, 6.45) is -0.186. The molecule has 1 fully saturated rings. The third kappa shape index (κ3) is 2.83. The summed E-state index contributed by atoms with van der Waals surface area (Å²) in [4.78, 5) is 11.9. The first-order valence-electron chi connectivity index (χ1n) is 6.73. The summed E-state index contributed by atoms with van der Waals surface area (Å²) in [5.41, 5.74) is 5.67. The van der Waals surface area contributed by atoms with Crippen LogP contribution in [0.2, 0.25) is 0 Å². The molecule has 1 aliphatic rings. The number of carbonyl (C=O) groups is 1. The molecule has 116 valence electrons. The van der Waals surface area contributed by atoms with Crippen LogP contribution in [0.4, 0.5) is 8.78 Å². The van der Waals surface area contributed by atoms with E-state index in [2.05, 4.69) is 21.3 Å². The molecule has 8 heteroatoms. The number of hydrogen-bond acceptors (Lipinski definition) is 5. The van der Waals surface area contributed by atoms with Gasteiger partial charge in [-0.15, -0.1) is 0 Å². The number of nitrogens with one attached hydrogen (secondary N) is 3. The highest BCUT2D eigenvalue weighted by Gasteiger charge is 2.30. The highest BCUT2D eigenvalue weighted by atomic mass is 19.1. The summed E-state index contributed by atoms with van der Waals surface area (Å²) in [6.45, 7) is 1.68. The van der Waals surface area contributed by atoms with Gasteiger partial charge in [0.2, 0.25) is 0 Å². The quantitative estimate of drug-likeness (QED) is 0.802. The molecule has 2 aromatic rings. The first-order chi connectivity index (χ1) is 10.5. The molecular weight excluding hydrogens is 294 g/mol. The Morgan fingerprint density at radius 3 is 2.73 bits per heavy atom. The molecule has 0 bridgehead atoms. The number of aryl methyl sites for hydroxylation is 1. The van der Waals surface area contributed by atoms with Crippen molar-refractivity contribution >= 4 is 5.91 Å². The topological polar surface area (TPSA) is 79.2 Å². The minimum absolute atomic E-state index is 0.0518. The molecule has 1 aromatic carbocycles. The number of hydrazine groups is 1. The fraction of sp³-hybridized carbons (Fsp3) is 0.286. The molecule has 3 rings (SSSR count). The average molecular weight is 308 g/mol. The van der Waals surface area contributed by atoms with E-state index in [1.807, 2.05) is 0 Å². The first kappa shape index (κ1) is 14.6. The second-order valence-electron chi connectivity index (χ2n) is 5.06. The number of rotatable bonds is 3. The SMILES string of the molecule is Cc1cc(C(=O)NC2CC(c3c(F)cccc3F)NN2)no1. The van der Waals surface area contributed by atoms with E-state index in [0.717, 1.165) is 0 Å². The Labute approximate surface area is 124 Å². The Morgan fingerprint density at radius 1 is 1.36 bits per heavy atom. The fourth-order valence-corrected chi connectivity index (χ4v) is 2.39. The van der Waals surface area contributed by atoms with Gasteiger partial charge in [-0.05, 0) is 19.1 Å². The van der Waals surface area contributed by atoms with Crippen molar-refractivity contribution in [1.29, 1.82) is 0 Å². The number of carbonyl (C=O) groups excluding carboxylic acids is 1. The van der Waals surface area contributed by atoms with Crippen LogP contribution in [0.1, 0.15) is 34.3 Å². The Bertz CT molecular complexity index is 684. The zero-order valence-corrected chi connectivity index (χ0v) is 11.7. The van der Waals surface area contributed by atoms with Crippen LogP contribution in [0.3, 0.4) is 0 Å². The van der Waals surface area contributed by atoms with Crippen molar-refractivity contribution in [2.24, 2.45) is 0 Å². The molecule has 1 aliphatic heterocycles. The zero-order chi connectivity index (χ0) is 15.7. The van der Waals surface area contributed by atoms with Gasteiger partial charge in [0.1, 0.15) is 17.4 Å². The normalized spacial score (nSPS) is 21.0. The molecule has 1 aromatic heterocycles. The third-order valence-electron chi connectivity index (χ3n) is 3.42. The van der Waals surface area contributed by atoms with Crippen LogP contribution in [-0.4, -0.2) is 17.2 Å². The molecule has 2 heterocycles. The molecule has 6 nitrogen and oxygen atoms in total. The Kier molecular flexibility index (Phi) is 3.86. The van der Waals surface area contributed by atoms with Crippen LogP contribution in [0.15, 0.2) is 28.8 Å². The van der Waals surface area contributed by atoms with Gasteiger partial charge in [-0.25, -0.2) is 19.6 Å². The lowest BCUT2D eigenvalue weighted by Crippen LogP contribution is -2.44. The van der Waals surface area contributed by atoms with Crippen molar-refractivity contribution in [2.45, 2.75) is 25.6 Å². The predicted octanol–water partition coefficient (Wildman–Crippen LogP) is 1.56. The minimum Gasteiger partial charge on any atom is -0.361 e. The van der Waals surface area contributed by atoms with E-state index >= 15 is 0 Å². The van der Waals surface area contributed by atoms with Crippen LogP contribution in [0.25, 0.3) is 0 Å². The Morgan fingerprint density at radius 2 is 2.09 bits per heavy atom. The summed E-state index contributed by atoms with van der Waals surface area (Å²) in [5, 5.41) is 6.28. The van der Waals surface area contributed by atoms with Crippen LogP contribution in [-0.2, 0) is 0 Å². The molecule has 1 saturated heterocycles. The van der Waals surface area contributed by atoms with E-state index in [4.69, 9.17) is 4.52 Å². The summed E-state index contributed by atoms with van der Waals surface area (Å²) in [7, 11) is 0.